The summed E-state index contributed by atoms with van der Waals surface area (Å²) in [5, 5.41) is 1.67. The number of carbonyl (C=O) groups is 1. The maximum absolute atomic E-state index is 11.9. The van der Waals surface area contributed by atoms with Crippen LogP contribution in [0.15, 0.2) is 102 Å². The molecule has 0 unspecified atom stereocenters. The number of benzene rings is 4. The molecule has 0 fully saturated rings. The average molecular weight is 614 g/mol. The molecule has 0 aliphatic carbocycles. The summed E-state index contributed by atoms with van der Waals surface area (Å²) in [5.74, 6) is 0.413. The van der Waals surface area contributed by atoms with E-state index in [0.717, 1.165) is 28.2 Å². The lowest BCUT2D eigenvalue weighted by atomic mass is 10.0. The fourth-order valence-electron chi connectivity index (χ4n) is 4.53. The molecule has 212 valence electrons. The second kappa shape index (κ2) is 13.5. The summed E-state index contributed by atoms with van der Waals surface area (Å²) in [7, 11) is 1.38. The van der Waals surface area contributed by atoms with Gasteiger partial charge in [-0.1, -0.05) is 91.7 Å². The second-order valence-electron chi connectivity index (χ2n) is 10.1. The number of nitrogens with zero attached hydrogens (tertiary/aromatic N) is 2. The van der Waals surface area contributed by atoms with Gasteiger partial charge in [0, 0.05) is 33.5 Å². The number of halogens is 2. The van der Waals surface area contributed by atoms with Crippen LogP contribution in [0.1, 0.15) is 41.2 Å². The van der Waals surface area contributed by atoms with E-state index >= 15 is 0 Å². The molecule has 5 rings (SSSR count). The van der Waals surface area contributed by atoms with Crippen molar-refractivity contribution in [3.05, 3.63) is 130 Å². The summed E-state index contributed by atoms with van der Waals surface area (Å²) in [6, 6.07) is 30.0. The zero-order chi connectivity index (χ0) is 29.6. The maximum Gasteiger partial charge on any atom is 0.337 e. The quantitative estimate of drug-likeness (QED) is 0.123. The molecule has 7 heteroatoms. The third kappa shape index (κ3) is 7.35. The first kappa shape index (κ1) is 29.7. The lowest BCUT2D eigenvalue weighted by molar-refractivity contribution is 0.0600. The second-order valence-corrected chi connectivity index (χ2v) is 12.6. The van der Waals surface area contributed by atoms with Gasteiger partial charge in [0.05, 0.1) is 23.4 Å². The number of imidazole rings is 1. The molecule has 0 spiro atoms. The first-order chi connectivity index (χ1) is 20.3. The van der Waals surface area contributed by atoms with Gasteiger partial charge < -0.3 is 9.30 Å². The number of hydrogen-bond acceptors (Lipinski definition) is 4. The molecule has 4 nitrogen and oxygen atoms in total. The van der Waals surface area contributed by atoms with E-state index in [4.69, 9.17) is 32.9 Å². The summed E-state index contributed by atoms with van der Waals surface area (Å²) in [6.45, 7) is 4.96. The molecule has 0 amide bonds. The lowest BCUT2D eigenvalue weighted by Gasteiger charge is -2.07. The Balaban J connectivity index is 1.40. The standard InChI is InChI=1S/C35H30Cl2N2O2S/c1-23(2)42-30-16-13-27(14-17-30)26-9-4-24(5-10-26)8-19-34-38-33(31-18-15-29(36)20-32(31)37)22-39(34)21-25-6-11-28(12-7-25)35(40)41-3/h4-20,22-23H,21H2,1-3H3/b19-8+. The van der Waals surface area contributed by atoms with Crippen LogP contribution in [0.25, 0.3) is 34.5 Å². The molecule has 0 aliphatic rings. The molecule has 0 saturated carbocycles. The van der Waals surface area contributed by atoms with Crippen LogP contribution in [0.4, 0.5) is 0 Å². The van der Waals surface area contributed by atoms with E-state index < -0.39 is 0 Å². The minimum Gasteiger partial charge on any atom is -0.465 e. The first-order valence-corrected chi connectivity index (χ1v) is 15.2. The summed E-state index contributed by atoms with van der Waals surface area (Å²) in [4.78, 5) is 18.0. The Morgan fingerprint density at radius 2 is 1.57 bits per heavy atom. The Morgan fingerprint density at radius 1 is 0.905 bits per heavy atom. The molecule has 42 heavy (non-hydrogen) atoms. The third-order valence-electron chi connectivity index (χ3n) is 6.64. The van der Waals surface area contributed by atoms with Gasteiger partial charge in [0.25, 0.3) is 0 Å². The molecular formula is C35H30Cl2N2O2S. The Hall–Kier alpha value is -3.77. The Bertz CT molecular complexity index is 1710. The molecule has 1 heterocycles. The van der Waals surface area contributed by atoms with Crippen LogP contribution in [-0.2, 0) is 11.3 Å². The van der Waals surface area contributed by atoms with Crippen molar-refractivity contribution in [2.24, 2.45) is 0 Å². The van der Waals surface area contributed by atoms with Crippen LogP contribution in [0.2, 0.25) is 10.0 Å². The molecular weight excluding hydrogens is 583 g/mol. The maximum atomic E-state index is 11.9. The number of rotatable bonds is 9. The number of aromatic nitrogens is 2. The fourth-order valence-corrected chi connectivity index (χ4v) is 5.88. The number of esters is 1. The molecule has 4 aromatic carbocycles. The van der Waals surface area contributed by atoms with E-state index in [1.54, 1.807) is 24.3 Å². The van der Waals surface area contributed by atoms with E-state index in [1.165, 1.54) is 23.1 Å². The van der Waals surface area contributed by atoms with Crippen LogP contribution in [0.5, 0.6) is 0 Å². The summed E-state index contributed by atoms with van der Waals surface area (Å²) >= 11 is 14.5. The molecule has 0 bridgehead atoms. The molecule has 0 aliphatic heterocycles. The molecule has 0 saturated heterocycles. The molecule has 5 aromatic rings. The van der Waals surface area contributed by atoms with E-state index in [-0.39, 0.29) is 5.97 Å². The van der Waals surface area contributed by atoms with Crippen LogP contribution in [0.3, 0.4) is 0 Å². The van der Waals surface area contributed by atoms with Crippen LogP contribution in [-0.4, -0.2) is 27.9 Å². The molecule has 0 atom stereocenters. The van der Waals surface area contributed by atoms with Gasteiger partial charge in [-0.2, -0.15) is 0 Å². The van der Waals surface area contributed by atoms with Crippen molar-refractivity contribution in [1.29, 1.82) is 0 Å². The smallest absolute Gasteiger partial charge is 0.337 e. The minimum absolute atomic E-state index is 0.361. The topological polar surface area (TPSA) is 44.1 Å². The number of hydrogen-bond donors (Lipinski definition) is 0. The highest BCUT2D eigenvalue weighted by Gasteiger charge is 2.13. The van der Waals surface area contributed by atoms with Crippen molar-refractivity contribution in [2.45, 2.75) is 30.5 Å². The SMILES string of the molecule is COC(=O)c1ccc(Cn2cc(-c3ccc(Cl)cc3Cl)nc2/C=C/c2ccc(-c3ccc(SC(C)C)cc3)cc2)cc1. The third-order valence-corrected chi connectivity index (χ3v) is 8.20. The Morgan fingerprint density at radius 3 is 2.19 bits per heavy atom. The highest BCUT2D eigenvalue weighted by molar-refractivity contribution is 7.99. The van der Waals surface area contributed by atoms with Crippen molar-refractivity contribution in [2.75, 3.05) is 7.11 Å². The molecule has 0 N–H and O–H groups in total. The number of thioether (sulfide) groups is 1. The fraction of sp³-hybridized carbons (Fsp3) is 0.143. The van der Waals surface area contributed by atoms with Gasteiger partial charge in [-0.15, -0.1) is 11.8 Å². The van der Waals surface area contributed by atoms with Gasteiger partial charge in [0.15, 0.2) is 0 Å². The Kier molecular flexibility index (Phi) is 9.53. The van der Waals surface area contributed by atoms with Gasteiger partial charge in [-0.3, -0.25) is 0 Å². The van der Waals surface area contributed by atoms with Crippen molar-refractivity contribution in [3.8, 4) is 22.4 Å². The number of ether oxygens (including phenoxy) is 1. The molecule has 1 aromatic heterocycles. The van der Waals surface area contributed by atoms with Crippen molar-refractivity contribution < 1.29 is 9.53 Å². The van der Waals surface area contributed by atoms with E-state index in [2.05, 4.69) is 73.0 Å². The van der Waals surface area contributed by atoms with Crippen molar-refractivity contribution in [3.63, 3.8) is 0 Å². The predicted molar refractivity (Wildman–Crippen MR) is 176 cm³/mol. The lowest BCUT2D eigenvalue weighted by Crippen LogP contribution is -2.03. The number of carbonyl (C=O) groups excluding carboxylic acids is 1. The van der Waals surface area contributed by atoms with Gasteiger partial charge in [0.2, 0.25) is 0 Å². The summed E-state index contributed by atoms with van der Waals surface area (Å²) < 4.78 is 6.89. The van der Waals surface area contributed by atoms with E-state index in [0.29, 0.717) is 27.4 Å². The monoisotopic (exact) mass is 612 g/mol. The van der Waals surface area contributed by atoms with Gasteiger partial charge in [-0.25, -0.2) is 9.78 Å². The van der Waals surface area contributed by atoms with Crippen molar-refractivity contribution in [1.82, 2.24) is 9.55 Å². The molecule has 0 radical (unpaired) electrons. The number of methoxy groups -OCH3 is 1. The Labute approximate surface area is 261 Å². The van der Waals surface area contributed by atoms with Crippen LogP contribution in [0, 0.1) is 0 Å². The average Bonchev–Trinajstić information content (AvgIpc) is 3.38. The normalized spacial score (nSPS) is 11.4. The van der Waals surface area contributed by atoms with Gasteiger partial charge in [-0.05, 0) is 70.8 Å². The predicted octanol–water partition coefficient (Wildman–Crippen LogP) is 10.0. The van der Waals surface area contributed by atoms with E-state index in [9.17, 15) is 4.79 Å². The minimum atomic E-state index is -0.361. The zero-order valence-corrected chi connectivity index (χ0v) is 25.9. The van der Waals surface area contributed by atoms with Crippen LogP contribution < -0.4 is 0 Å². The van der Waals surface area contributed by atoms with E-state index in [1.807, 2.05) is 42.2 Å². The van der Waals surface area contributed by atoms with Gasteiger partial charge in [0.1, 0.15) is 5.82 Å². The zero-order valence-electron chi connectivity index (χ0n) is 23.6. The largest absolute Gasteiger partial charge is 0.465 e. The highest BCUT2D eigenvalue weighted by atomic mass is 35.5. The first-order valence-electron chi connectivity index (χ1n) is 13.5. The van der Waals surface area contributed by atoms with Crippen LogP contribution >= 0.6 is 35.0 Å². The highest BCUT2D eigenvalue weighted by Crippen LogP contribution is 2.31. The summed E-state index contributed by atoms with van der Waals surface area (Å²) in [6.07, 6.45) is 6.04. The summed E-state index contributed by atoms with van der Waals surface area (Å²) in [5.41, 5.74) is 6.50. The van der Waals surface area contributed by atoms with Gasteiger partial charge >= 0.3 is 5.97 Å². The van der Waals surface area contributed by atoms with Crippen molar-refractivity contribution >= 4 is 53.1 Å².